The van der Waals surface area contributed by atoms with Gasteiger partial charge in [-0.3, -0.25) is 4.79 Å². The number of methoxy groups -OCH3 is 1. The fraction of sp³-hybridized carbons (Fsp3) is 0.429. The summed E-state index contributed by atoms with van der Waals surface area (Å²) in [6.45, 7) is 0.469. The highest BCUT2D eigenvalue weighted by atomic mass is 32.2. The van der Waals surface area contributed by atoms with Crippen molar-refractivity contribution >= 4 is 21.9 Å². The number of rotatable bonds is 4. The Hall–Kier alpha value is -1.93. The highest BCUT2D eigenvalue weighted by molar-refractivity contribution is 7.89. The zero-order chi connectivity index (χ0) is 16.3. The first-order valence-electron chi connectivity index (χ1n) is 6.84. The standard InChI is InChI=1S/C14H18N2O5S/c1-21-14(18)11-3-2-4-12(9-11)22(19,20)16-7-5-10(6-8-16)13(15)17/h2-4,9-10H,5-8H2,1H3,(H2,15,17). The lowest BCUT2D eigenvalue weighted by molar-refractivity contribution is -0.122. The SMILES string of the molecule is COC(=O)c1cccc(S(=O)(=O)N2CCC(C(N)=O)CC2)c1. The number of piperidine rings is 1. The van der Waals surface area contributed by atoms with Crippen LogP contribution in [0.1, 0.15) is 23.2 Å². The van der Waals surface area contributed by atoms with Crippen LogP contribution in [0.15, 0.2) is 29.2 Å². The number of benzene rings is 1. The number of nitrogens with zero attached hydrogens (tertiary/aromatic N) is 1. The highest BCUT2D eigenvalue weighted by Gasteiger charge is 2.31. The molecule has 1 saturated heterocycles. The molecule has 0 atom stereocenters. The number of hydrogen-bond acceptors (Lipinski definition) is 5. The fourth-order valence-electron chi connectivity index (χ4n) is 2.43. The van der Waals surface area contributed by atoms with E-state index in [1.807, 2.05) is 0 Å². The molecule has 2 rings (SSSR count). The van der Waals surface area contributed by atoms with Crippen LogP contribution < -0.4 is 5.73 Å². The lowest BCUT2D eigenvalue weighted by Gasteiger charge is -2.29. The molecule has 1 heterocycles. The number of sulfonamides is 1. The van der Waals surface area contributed by atoms with Crippen molar-refractivity contribution in [3.05, 3.63) is 29.8 Å². The van der Waals surface area contributed by atoms with Gasteiger partial charge in [0.15, 0.2) is 0 Å². The summed E-state index contributed by atoms with van der Waals surface area (Å²) in [7, 11) is -2.47. The van der Waals surface area contributed by atoms with Crippen LogP contribution in [-0.4, -0.2) is 44.8 Å². The van der Waals surface area contributed by atoms with Gasteiger partial charge in [0.05, 0.1) is 17.6 Å². The number of carbonyl (C=O) groups is 2. The minimum absolute atomic E-state index is 0.0351. The maximum absolute atomic E-state index is 12.6. The van der Waals surface area contributed by atoms with Gasteiger partial charge in [-0.1, -0.05) is 6.07 Å². The van der Waals surface area contributed by atoms with E-state index in [1.54, 1.807) is 0 Å². The Balaban J connectivity index is 2.21. The highest BCUT2D eigenvalue weighted by Crippen LogP contribution is 2.24. The van der Waals surface area contributed by atoms with E-state index in [9.17, 15) is 18.0 Å². The van der Waals surface area contributed by atoms with Crippen molar-refractivity contribution < 1.29 is 22.7 Å². The number of esters is 1. The maximum Gasteiger partial charge on any atom is 0.337 e. The van der Waals surface area contributed by atoms with Gasteiger partial charge in [0.1, 0.15) is 0 Å². The first-order chi connectivity index (χ1) is 10.4. The molecule has 0 bridgehead atoms. The van der Waals surface area contributed by atoms with E-state index in [-0.39, 0.29) is 29.5 Å². The van der Waals surface area contributed by atoms with Crippen molar-refractivity contribution in [3.8, 4) is 0 Å². The largest absolute Gasteiger partial charge is 0.465 e. The van der Waals surface area contributed by atoms with Crippen LogP contribution in [0.4, 0.5) is 0 Å². The van der Waals surface area contributed by atoms with Gasteiger partial charge in [-0.2, -0.15) is 4.31 Å². The molecule has 1 aliphatic heterocycles. The monoisotopic (exact) mass is 326 g/mol. The third-order valence-electron chi connectivity index (χ3n) is 3.75. The molecule has 0 unspecified atom stereocenters. The van der Waals surface area contributed by atoms with Crippen molar-refractivity contribution in [2.75, 3.05) is 20.2 Å². The molecule has 2 N–H and O–H groups in total. The second kappa shape index (κ2) is 6.45. The van der Waals surface area contributed by atoms with Crippen LogP contribution >= 0.6 is 0 Å². The second-order valence-electron chi connectivity index (χ2n) is 5.10. The number of hydrogen-bond donors (Lipinski definition) is 1. The minimum Gasteiger partial charge on any atom is -0.465 e. The number of amides is 1. The second-order valence-corrected chi connectivity index (χ2v) is 7.04. The van der Waals surface area contributed by atoms with E-state index in [2.05, 4.69) is 4.74 Å². The van der Waals surface area contributed by atoms with Crippen molar-refractivity contribution in [1.82, 2.24) is 4.31 Å². The third-order valence-corrected chi connectivity index (χ3v) is 5.64. The van der Waals surface area contributed by atoms with Gasteiger partial charge in [-0.25, -0.2) is 13.2 Å². The smallest absolute Gasteiger partial charge is 0.337 e. The minimum atomic E-state index is -3.70. The normalized spacial score (nSPS) is 17.1. The Morgan fingerprint density at radius 3 is 2.45 bits per heavy atom. The molecule has 22 heavy (non-hydrogen) atoms. The lowest BCUT2D eigenvalue weighted by atomic mass is 9.98. The van der Waals surface area contributed by atoms with Gasteiger partial charge < -0.3 is 10.5 Å². The van der Waals surface area contributed by atoms with Crippen molar-refractivity contribution in [3.63, 3.8) is 0 Å². The number of carbonyl (C=O) groups excluding carboxylic acids is 2. The number of ether oxygens (including phenoxy) is 1. The van der Waals surface area contributed by atoms with Crippen molar-refractivity contribution in [2.24, 2.45) is 11.7 Å². The Labute approximate surface area is 129 Å². The Bertz CT molecular complexity index is 678. The van der Waals surface area contributed by atoms with Crippen LogP contribution in [0.2, 0.25) is 0 Å². The summed E-state index contributed by atoms with van der Waals surface area (Å²) in [6, 6.07) is 5.71. The molecule has 7 nitrogen and oxygen atoms in total. The molecule has 1 aliphatic rings. The molecular formula is C14H18N2O5S. The molecule has 1 aromatic carbocycles. The summed E-state index contributed by atoms with van der Waals surface area (Å²) in [5.74, 6) is -1.28. The molecule has 0 spiro atoms. The average Bonchev–Trinajstić information content (AvgIpc) is 2.54. The van der Waals surface area contributed by atoms with Crippen molar-refractivity contribution in [2.45, 2.75) is 17.7 Å². The van der Waals surface area contributed by atoms with E-state index in [0.29, 0.717) is 12.8 Å². The predicted molar refractivity (Wildman–Crippen MR) is 78.5 cm³/mol. The molecular weight excluding hydrogens is 308 g/mol. The van der Waals surface area contributed by atoms with Crippen LogP contribution in [-0.2, 0) is 19.6 Å². The van der Waals surface area contributed by atoms with Gasteiger partial charge in [0, 0.05) is 19.0 Å². The van der Waals surface area contributed by atoms with Gasteiger partial charge in [0.2, 0.25) is 15.9 Å². The quantitative estimate of drug-likeness (QED) is 0.804. The van der Waals surface area contributed by atoms with E-state index >= 15 is 0 Å². The van der Waals surface area contributed by atoms with Gasteiger partial charge in [0.25, 0.3) is 0 Å². The summed E-state index contributed by atoms with van der Waals surface area (Å²) >= 11 is 0. The topological polar surface area (TPSA) is 107 Å². The van der Waals surface area contributed by atoms with Crippen LogP contribution in [0.25, 0.3) is 0 Å². The Morgan fingerprint density at radius 1 is 1.27 bits per heavy atom. The maximum atomic E-state index is 12.6. The molecule has 1 fully saturated rings. The Morgan fingerprint density at radius 2 is 1.91 bits per heavy atom. The van der Waals surface area contributed by atoms with Crippen LogP contribution in [0.5, 0.6) is 0 Å². The van der Waals surface area contributed by atoms with Gasteiger partial charge >= 0.3 is 5.97 Å². The zero-order valence-corrected chi connectivity index (χ0v) is 13.0. The van der Waals surface area contributed by atoms with E-state index in [4.69, 9.17) is 5.73 Å². The molecule has 8 heteroatoms. The number of nitrogens with two attached hydrogens (primary N) is 1. The third kappa shape index (κ3) is 3.28. The summed E-state index contributed by atoms with van der Waals surface area (Å²) < 4.78 is 31.1. The summed E-state index contributed by atoms with van der Waals surface area (Å²) in [5.41, 5.74) is 5.42. The van der Waals surface area contributed by atoms with E-state index in [1.165, 1.54) is 35.7 Å². The average molecular weight is 326 g/mol. The first-order valence-corrected chi connectivity index (χ1v) is 8.28. The van der Waals surface area contributed by atoms with Gasteiger partial charge in [-0.15, -0.1) is 0 Å². The van der Waals surface area contributed by atoms with Crippen molar-refractivity contribution in [1.29, 1.82) is 0 Å². The van der Waals surface area contributed by atoms with E-state index in [0.717, 1.165) is 0 Å². The van der Waals surface area contributed by atoms with Gasteiger partial charge in [-0.05, 0) is 31.0 Å². The molecule has 1 aromatic rings. The zero-order valence-electron chi connectivity index (χ0n) is 12.2. The molecule has 120 valence electrons. The van der Waals surface area contributed by atoms with Crippen LogP contribution in [0.3, 0.4) is 0 Å². The summed E-state index contributed by atoms with van der Waals surface area (Å²) in [4.78, 5) is 22.7. The molecule has 0 aromatic heterocycles. The fourth-order valence-corrected chi connectivity index (χ4v) is 3.95. The first kappa shape index (κ1) is 16.4. The molecule has 1 amide bonds. The molecule has 0 aliphatic carbocycles. The predicted octanol–water partition coefficient (Wildman–Crippen LogP) is 0.359. The summed E-state index contributed by atoms with van der Waals surface area (Å²) in [5, 5.41) is 0. The van der Waals surface area contributed by atoms with E-state index < -0.39 is 21.9 Å². The molecule has 0 saturated carbocycles. The summed E-state index contributed by atoms with van der Waals surface area (Å²) in [6.07, 6.45) is 0.816. The number of primary amides is 1. The van der Waals surface area contributed by atoms with Crippen LogP contribution in [0, 0.1) is 5.92 Å². The molecule has 0 radical (unpaired) electrons. The lowest BCUT2D eigenvalue weighted by Crippen LogP contribution is -2.41. The Kier molecular flexibility index (Phi) is 4.82.